The van der Waals surface area contributed by atoms with E-state index >= 15 is 0 Å². The molecule has 0 fully saturated rings. The topological polar surface area (TPSA) is 29.5 Å². The van der Waals surface area contributed by atoms with Crippen LogP contribution in [0.25, 0.3) is 0 Å². The van der Waals surface area contributed by atoms with Crippen LogP contribution >= 0.6 is 0 Å². The van der Waals surface area contributed by atoms with E-state index in [-0.39, 0.29) is 6.09 Å². The highest BCUT2D eigenvalue weighted by Gasteiger charge is 2.12. The van der Waals surface area contributed by atoms with E-state index in [0.717, 1.165) is 38.8 Å². The first-order valence-electron chi connectivity index (χ1n) is 19.7. The number of hydrogen-bond donors (Lipinski definition) is 0. The Labute approximate surface area is 282 Å². The van der Waals surface area contributed by atoms with Gasteiger partial charge in [-0.3, -0.25) is 0 Å². The van der Waals surface area contributed by atoms with E-state index in [1.165, 1.54) is 161 Å². The lowest BCUT2D eigenvalue weighted by Crippen LogP contribution is -2.32. The van der Waals surface area contributed by atoms with Crippen molar-refractivity contribution in [1.82, 2.24) is 4.90 Å². The molecule has 45 heavy (non-hydrogen) atoms. The normalized spacial score (nSPS) is 12.1. The molecule has 0 radical (unpaired) electrons. The number of ether oxygens (including phenoxy) is 1. The van der Waals surface area contributed by atoms with Gasteiger partial charge in [-0.05, 0) is 77.0 Å². The van der Waals surface area contributed by atoms with Gasteiger partial charge in [0, 0.05) is 13.1 Å². The molecule has 0 aromatic heterocycles. The van der Waals surface area contributed by atoms with Gasteiger partial charge in [0.05, 0.1) is 7.11 Å². The quantitative estimate of drug-likeness (QED) is 0.0525. The summed E-state index contributed by atoms with van der Waals surface area (Å²) in [5.41, 5.74) is 0. The molecule has 0 bridgehead atoms. The largest absolute Gasteiger partial charge is 0.453 e. The van der Waals surface area contributed by atoms with Gasteiger partial charge in [-0.25, -0.2) is 4.79 Å². The lowest BCUT2D eigenvalue weighted by Gasteiger charge is -2.21. The summed E-state index contributed by atoms with van der Waals surface area (Å²) in [7, 11) is 1.51. The highest BCUT2D eigenvalue weighted by molar-refractivity contribution is 5.67. The third-order valence-electron chi connectivity index (χ3n) is 8.69. The Bertz CT molecular complexity index is 655. The van der Waals surface area contributed by atoms with Gasteiger partial charge < -0.3 is 9.64 Å². The zero-order valence-corrected chi connectivity index (χ0v) is 30.6. The second kappa shape index (κ2) is 38.4. The Morgan fingerprint density at radius 3 is 1.02 bits per heavy atom. The summed E-state index contributed by atoms with van der Waals surface area (Å²) in [6, 6.07) is 0. The standard InChI is InChI=1S/C42H77NO2/c1-4-6-8-10-12-14-16-18-20-22-24-26-28-30-32-34-36-38-40-43(42(44)45-3)41-39-37-35-33-31-29-27-25-23-21-19-17-15-13-11-9-7-5-2/h12-15,18-21H,4-11,16-17,22-41H2,1-3H3/b14-12-,15-13-,20-18-,21-19-. The van der Waals surface area contributed by atoms with Crippen LogP contribution in [0.15, 0.2) is 48.6 Å². The van der Waals surface area contributed by atoms with Crippen molar-refractivity contribution in [1.29, 1.82) is 0 Å². The molecule has 0 rings (SSSR count). The molecule has 262 valence electrons. The van der Waals surface area contributed by atoms with Crippen molar-refractivity contribution in [3.05, 3.63) is 48.6 Å². The van der Waals surface area contributed by atoms with Crippen LogP contribution in [-0.4, -0.2) is 31.2 Å². The molecular formula is C42H77NO2. The molecule has 0 atom stereocenters. The van der Waals surface area contributed by atoms with Gasteiger partial charge in [0.25, 0.3) is 0 Å². The van der Waals surface area contributed by atoms with Gasteiger partial charge in [-0.1, -0.05) is 165 Å². The Balaban J connectivity index is 3.59. The first-order chi connectivity index (χ1) is 22.3. The number of hydrogen-bond acceptors (Lipinski definition) is 2. The first kappa shape index (κ1) is 43.2. The maximum Gasteiger partial charge on any atom is 0.409 e. The molecule has 0 aliphatic rings. The van der Waals surface area contributed by atoms with Gasteiger partial charge in [0.1, 0.15) is 0 Å². The lowest BCUT2D eigenvalue weighted by molar-refractivity contribution is 0.121. The lowest BCUT2D eigenvalue weighted by atomic mass is 10.1. The van der Waals surface area contributed by atoms with E-state index in [4.69, 9.17) is 4.74 Å². The van der Waals surface area contributed by atoms with E-state index in [1.54, 1.807) is 0 Å². The van der Waals surface area contributed by atoms with Crippen molar-refractivity contribution in [2.75, 3.05) is 20.2 Å². The third-order valence-corrected chi connectivity index (χ3v) is 8.69. The van der Waals surface area contributed by atoms with Crippen LogP contribution in [0, 0.1) is 0 Å². The minimum Gasteiger partial charge on any atom is -0.453 e. The van der Waals surface area contributed by atoms with E-state index in [2.05, 4.69) is 62.5 Å². The van der Waals surface area contributed by atoms with Gasteiger partial charge in [0.15, 0.2) is 0 Å². The van der Waals surface area contributed by atoms with E-state index < -0.39 is 0 Å². The smallest absolute Gasteiger partial charge is 0.409 e. The van der Waals surface area contributed by atoms with Crippen LogP contribution in [0.2, 0.25) is 0 Å². The number of allylic oxidation sites excluding steroid dienone is 8. The molecule has 0 spiro atoms. The van der Waals surface area contributed by atoms with Crippen molar-refractivity contribution in [2.24, 2.45) is 0 Å². The predicted octanol–water partition coefficient (Wildman–Crippen LogP) is 14.2. The molecule has 0 heterocycles. The molecule has 3 nitrogen and oxygen atoms in total. The van der Waals surface area contributed by atoms with Crippen LogP contribution in [0.4, 0.5) is 4.79 Å². The summed E-state index contributed by atoms with van der Waals surface area (Å²) in [5, 5.41) is 0. The molecule has 0 saturated carbocycles. The Morgan fingerprint density at radius 1 is 0.422 bits per heavy atom. The number of rotatable bonds is 34. The summed E-state index contributed by atoms with van der Waals surface area (Å²) < 4.78 is 5.06. The molecule has 0 saturated heterocycles. The van der Waals surface area contributed by atoms with Gasteiger partial charge in [-0.15, -0.1) is 0 Å². The third kappa shape index (κ3) is 34.9. The highest BCUT2D eigenvalue weighted by atomic mass is 16.5. The highest BCUT2D eigenvalue weighted by Crippen LogP contribution is 2.13. The van der Waals surface area contributed by atoms with Crippen molar-refractivity contribution in [3.63, 3.8) is 0 Å². The second-order valence-corrected chi connectivity index (χ2v) is 13.0. The fraction of sp³-hybridized carbons (Fsp3) is 0.786. The summed E-state index contributed by atoms with van der Waals surface area (Å²) in [5.74, 6) is 0. The molecule has 0 N–H and O–H groups in total. The first-order valence-corrected chi connectivity index (χ1v) is 19.7. The molecule has 0 aromatic rings. The number of unbranched alkanes of at least 4 members (excludes halogenated alkanes) is 22. The molecule has 0 aliphatic carbocycles. The predicted molar refractivity (Wildman–Crippen MR) is 201 cm³/mol. The van der Waals surface area contributed by atoms with Crippen molar-refractivity contribution in [3.8, 4) is 0 Å². The fourth-order valence-electron chi connectivity index (χ4n) is 5.71. The zero-order valence-electron chi connectivity index (χ0n) is 30.6. The van der Waals surface area contributed by atoms with Crippen molar-refractivity contribution >= 4 is 6.09 Å². The van der Waals surface area contributed by atoms with Crippen LogP contribution in [0.1, 0.15) is 194 Å². The number of carbonyl (C=O) groups is 1. The van der Waals surface area contributed by atoms with E-state index in [9.17, 15) is 4.79 Å². The average Bonchev–Trinajstić information content (AvgIpc) is 3.05. The van der Waals surface area contributed by atoms with E-state index in [0.29, 0.717) is 0 Å². The number of methoxy groups -OCH3 is 1. The van der Waals surface area contributed by atoms with Crippen LogP contribution in [0.3, 0.4) is 0 Å². The van der Waals surface area contributed by atoms with Gasteiger partial charge in [0.2, 0.25) is 0 Å². The van der Waals surface area contributed by atoms with Crippen molar-refractivity contribution < 1.29 is 9.53 Å². The zero-order chi connectivity index (χ0) is 32.7. The second-order valence-electron chi connectivity index (χ2n) is 13.0. The summed E-state index contributed by atoms with van der Waals surface area (Å²) in [6.07, 6.45) is 54.2. The summed E-state index contributed by atoms with van der Waals surface area (Å²) in [6.45, 7) is 6.21. The van der Waals surface area contributed by atoms with Crippen molar-refractivity contribution in [2.45, 2.75) is 194 Å². The minimum atomic E-state index is -0.149. The van der Waals surface area contributed by atoms with Gasteiger partial charge >= 0.3 is 6.09 Å². The number of nitrogens with zero attached hydrogens (tertiary/aromatic N) is 1. The molecule has 3 heteroatoms. The van der Waals surface area contributed by atoms with Crippen LogP contribution in [-0.2, 0) is 4.74 Å². The number of amides is 1. The van der Waals surface area contributed by atoms with Crippen LogP contribution < -0.4 is 0 Å². The maximum atomic E-state index is 12.2. The maximum absolute atomic E-state index is 12.2. The molecule has 0 unspecified atom stereocenters. The minimum absolute atomic E-state index is 0.149. The number of carbonyl (C=O) groups excluding carboxylic acids is 1. The van der Waals surface area contributed by atoms with Gasteiger partial charge in [-0.2, -0.15) is 0 Å². The monoisotopic (exact) mass is 628 g/mol. The average molecular weight is 628 g/mol. The SMILES string of the molecule is CCCCC/C=C\C/C=C\CCCCCCCCCCN(CCCCCCCCCC/C=C\C/C=C\CCCCC)C(=O)OC. The fourth-order valence-corrected chi connectivity index (χ4v) is 5.71. The Hall–Kier alpha value is -1.77. The van der Waals surface area contributed by atoms with E-state index in [1.807, 2.05) is 4.90 Å². The summed E-state index contributed by atoms with van der Waals surface area (Å²) >= 11 is 0. The van der Waals surface area contributed by atoms with Crippen LogP contribution in [0.5, 0.6) is 0 Å². The Kier molecular flexibility index (Phi) is 36.9. The molecule has 0 aliphatic heterocycles. The molecule has 0 aromatic carbocycles. The molecular weight excluding hydrogens is 550 g/mol. The summed E-state index contributed by atoms with van der Waals surface area (Å²) in [4.78, 5) is 14.2. The molecule has 1 amide bonds. The Morgan fingerprint density at radius 2 is 0.711 bits per heavy atom.